The minimum absolute atomic E-state index is 0.422. The Morgan fingerprint density at radius 2 is 2.27 bits per heavy atom. The van der Waals surface area contributed by atoms with Gasteiger partial charge in [0.25, 0.3) is 5.91 Å². The minimum Gasteiger partial charge on any atom is -0.366 e. The molecule has 0 bridgehead atoms. The van der Waals surface area contributed by atoms with E-state index in [2.05, 4.69) is 4.98 Å². The molecule has 0 saturated heterocycles. The van der Waals surface area contributed by atoms with Gasteiger partial charge in [0.1, 0.15) is 0 Å². The van der Waals surface area contributed by atoms with Crippen molar-refractivity contribution in [1.82, 2.24) is 4.98 Å². The van der Waals surface area contributed by atoms with Crippen LogP contribution in [0.3, 0.4) is 0 Å². The van der Waals surface area contributed by atoms with E-state index in [-0.39, 0.29) is 0 Å². The van der Waals surface area contributed by atoms with Gasteiger partial charge in [-0.25, -0.2) is 0 Å². The quantitative estimate of drug-likeness (QED) is 0.804. The lowest BCUT2D eigenvalue weighted by Gasteiger charge is -2.05. The number of carbonyl (C=O) groups excluding carboxylic acids is 1. The number of carbonyl (C=O) groups is 1. The summed E-state index contributed by atoms with van der Waals surface area (Å²) in [7, 11) is 0. The van der Waals surface area contributed by atoms with Gasteiger partial charge in [0.15, 0.2) is 0 Å². The van der Waals surface area contributed by atoms with E-state index in [1.165, 1.54) is 0 Å². The zero-order valence-corrected chi connectivity index (χ0v) is 8.53. The summed E-state index contributed by atoms with van der Waals surface area (Å²) >= 11 is 0. The molecule has 0 unspecified atom stereocenters. The highest BCUT2D eigenvalue weighted by Gasteiger charge is 2.08. The number of rotatable bonds is 2. The van der Waals surface area contributed by atoms with Crippen LogP contribution in [-0.4, -0.2) is 10.9 Å². The maximum atomic E-state index is 11.3. The number of hydrogen-bond acceptors (Lipinski definition) is 2. The summed E-state index contributed by atoms with van der Waals surface area (Å²) < 4.78 is 0. The van der Waals surface area contributed by atoms with Crippen molar-refractivity contribution in [2.45, 2.75) is 13.3 Å². The van der Waals surface area contributed by atoms with Crippen LogP contribution in [0.5, 0.6) is 0 Å². The highest BCUT2D eigenvalue weighted by Crippen LogP contribution is 2.18. The van der Waals surface area contributed by atoms with Crippen LogP contribution in [-0.2, 0) is 6.42 Å². The normalized spacial score (nSPS) is 10.5. The molecule has 2 aromatic rings. The number of aromatic nitrogens is 1. The monoisotopic (exact) mass is 200 g/mol. The zero-order chi connectivity index (χ0) is 10.8. The van der Waals surface area contributed by atoms with E-state index in [9.17, 15) is 4.79 Å². The highest BCUT2D eigenvalue weighted by molar-refractivity contribution is 6.04. The Labute approximate surface area is 87.9 Å². The number of nitrogens with zero attached hydrogens (tertiary/aromatic N) is 1. The number of pyridine rings is 1. The summed E-state index contributed by atoms with van der Waals surface area (Å²) in [6.07, 6.45) is 2.55. The molecule has 0 saturated carbocycles. The van der Waals surface area contributed by atoms with Crippen LogP contribution in [0, 0.1) is 0 Å². The maximum absolute atomic E-state index is 11.3. The predicted octanol–water partition coefficient (Wildman–Crippen LogP) is 1.90. The van der Waals surface area contributed by atoms with E-state index < -0.39 is 5.91 Å². The van der Waals surface area contributed by atoms with Crippen LogP contribution < -0.4 is 5.73 Å². The van der Waals surface area contributed by atoms with E-state index in [4.69, 9.17) is 5.73 Å². The largest absolute Gasteiger partial charge is 0.366 e. The Bertz CT molecular complexity index is 520. The van der Waals surface area contributed by atoms with E-state index in [0.717, 1.165) is 17.4 Å². The summed E-state index contributed by atoms with van der Waals surface area (Å²) in [5, 5.41) is 0.964. The lowest BCUT2D eigenvalue weighted by atomic mass is 10.0. The van der Waals surface area contributed by atoms with Gasteiger partial charge in [0, 0.05) is 11.6 Å². The number of amides is 1. The molecule has 0 fully saturated rings. The van der Waals surface area contributed by atoms with Gasteiger partial charge >= 0.3 is 0 Å². The first kappa shape index (κ1) is 9.65. The molecule has 76 valence electrons. The van der Waals surface area contributed by atoms with Gasteiger partial charge in [-0.2, -0.15) is 0 Å². The third kappa shape index (κ3) is 1.68. The summed E-state index contributed by atoms with van der Waals surface area (Å²) in [4.78, 5) is 15.4. The Morgan fingerprint density at radius 3 is 2.93 bits per heavy atom. The molecule has 2 rings (SSSR count). The number of hydrogen-bond donors (Lipinski definition) is 1. The molecule has 1 aromatic heterocycles. The minimum atomic E-state index is -0.422. The number of fused-ring (bicyclic) bond motifs is 1. The van der Waals surface area contributed by atoms with Gasteiger partial charge < -0.3 is 5.73 Å². The van der Waals surface area contributed by atoms with Crippen molar-refractivity contribution in [2.75, 3.05) is 0 Å². The van der Waals surface area contributed by atoms with E-state index in [1.54, 1.807) is 6.20 Å². The third-order valence-electron chi connectivity index (χ3n) is 2.44. The number of primary amides is 1. The van der Waals surface area contributed by atoms with Gasteiger partial charge in [0.05, 0.1) is 11.1 Å². The van der Waals surface area contributed by atoms with Gasteiger partial charge in [-0.3, -0.25) is 9.78 Å². The molecule has 0 radical (unpaired) electrons. The highest BCUT2D eigenvalue weighted by atomic mass is 16.1. The van der Waals surface area contributed by atoms with Gasteiger partial charge in [-0.05, 0) is 30.2 Å². The molecule has 2 N–H and O–H groups in total. The molecule has 0 aliphatic rings. The first-order valence-electron chi connectivity index (χ1n) is 4.90. The Kier molecular flexibility index (Phi) is 2.37. The molecule has 1 aromatic carbocycles. The Hall–Kier alpha value is -1.90. The number of aryl methyl sites for hydroxylation is 1. The fraction of sp³-hybridized carbons (Fsp3) is 0.167. The lowest BCUT2D eigenvalue weighted by Crippen LogP contribution is -2.12. The lowest BCUT2D eigenvalue weighted by molar-refractivity contribution is 0.100. The molecule has 1 heterocycles. The van der Waals surface area contributed by atoms with Gasteiger partial charge in [-0.15, -0.1) is 0 Å². The topological polar surface area (TPSA) is 56.0 Å². The average Bonchev–Trinajstić information content (AvgIpc) is 2.27. The third-order valence-corrected chi connectivity index (χ3v) is 2.44. The molecule has 0 spiro atoms. The van der Waals surface area contributed by atoms with Crippen LogP contribution in [0.2, 0.25) is 0 Å². The second-order valence-electron chi connectivity index (χ2n) is 3.44. The SMILES string of the molecule is CCc1cc(C(N)=O)c2ncccc2c1. The van der Waals surface area contributed by atoms with E-state index in [0.29, 0.717) is 11.1 Å². The Morgan fingerprint density at radius 1 is 1.47 bits per heavy atom. The van der Waals surface area contributed by atoms with Crippen molar-refractivity contribution in [2.24, 2.45) is 5.73 Å². The van der Waals surface area contributed by atoms with Gasteiger partial charge in [0.2, 0.25) is 0 Å². The second-order valence-corrected chi connectivity index (χ2v) is 3.44. The number of nitrogens with two attached hydrogens (primary N) is 1. The summed E-state index contributed by atoms with van der Waals surface area (Å²) in [6, 6.07) is 7.65. The Balaban J connectivity index is 2.80. The predicted molar refractivity (Wildman–Crippen MR) is 59.6 cm³/mol. The van der Waals surface area contributed by atoms with Crippen molar-refractivity contribution in [3.63, 3.8) is 0 Å². The molecule has 3 nitrogen and oxygen atoms in total. The summed E-state index contributed by atoms with van der Waals surface area (Å²) in [5.74, 6) is -0.422. The van der Waals surface area contributed by atoms with Crippen molar-refractivity contribution in [3.05, 3.63) is 41.6 Å². The smallest absolute Gasteiger partial charge is 0.250 e. The molecule has 0 aliphatic carbocycles. The first-order chi connectivity index (χ1) is 7.22. The molecular weight excluding hydrogens is 188 g/mol. The summed E-state index contributed by atoms with van der Waals surface area (Å²) in [6.45, 7) is 2.04. The van der Waals surface area contributed by atoms with Crippen molar-refractivity contribution >= 4 is 16.8 Å². The molecule has 1 amide bonds. The second kappa shape index (κ2) is 3.69. The molecule has 0 aliphatic heterocycles. The van der Waals surface area contributed by atoms with E-state index >= 15 is 0 Å². The van der Waals surface area contributed by atoms with Crippen LogP contribution in [0.25, 0.3) is 10.9 Å². The van der Waals surface area contributed by atoms with E-state index in [1.807, 2.05) is 31.2 Å². The van der Waals surface area contributed by atoms with Crippen molar-refractivity contribution in [3.8, 4) is 0 Å². The molecule has 3 heteroatoms. The molecule has 0 atom stereocenters. The van der Waals surface area contributed by atoms with Crippen LogP contribution in [0.15, 0.2) is 30.5 Å². The average molecular weight is 200 g/mol. The molecule has 15 heavy (non-hydrogen) atoms. The van der Waals surface area contributed by atoms with Gasteiger partial charge in [-0.1, -0.05) is 13.0 Å². The zero-order valence-electron chi connectivity index (χ0n) is 8.53. The molecular formula is C12H12N2O. The standard InChI is InChI=1S/C12H12N2O/c1-2-8-6-9-4-3-5-14-11(9)10(7-8)12(13)15/h3-7H,2H2,1H3,(H2,13,15). The van der Waals surface area contributed by atoms with Crippen molar-refractivity contribution in [1.29, 1.82) is 0 Å². The van der Waals surface area contributed by atoms with Crippen molar-refractivity contribution < 1.29 is 4.79 Å². The first-order valence-corrected chi connectivity index (χ1v) is 4.90. The number of benzene rings is 1. The fourth-order valence-corrected chi connectivity index (χ4v) is 1.65. The van der Waals surface area contributed by atoms with Crippen LogP contribution in [0.4, 0.5) is 0 Å². The van der Waals surface area contributed by atoms with Crippen LogP contribution in [0.1, 0.15) is 22.8 Å². The fourth-order valence-electron chi connectivity index (χ4n) is 1.65. The van der Waals surface area contributed by atoms with Crippen LogP contribution >= 0.6 is 0 Å². The maximum Gasteiger partial charge on any atom is 0.250 e. The summed E-state index contributed by atoms with van der Waals surface area (Å²) in [5.41, 5.74) is 7.61.